The number of hydrogen-bond acceptors (Lipinski definition) is 0. The van der Waals surface area contributed by atoms with Crippen molar-refractivity contribution in [3.63, 3.8) is 0 Å². The first-order valence-corrected chi connectivity index (χ1v) is 5.47. The van der Waals surface area contributed by atoms with Crippen molar-refractivity contribution in [3.8, 4) is 0 Å². The van der Waals surface area contributed by atoms with E-state index in [2.05, 4.69) is 41.5 Å². The third-order valence-corrected chi connectivity index (χ3v) is 2.02. The van der Waals surface area contributed by atoms with Gasteiger partial charge in [0.25, 0.3) is 0 Å². The minimum absolute atomic E-state index is 0.542. The molecule has 0 rings (SSSR count). The smallest absolute Gasteiger partial charge is 0.0385 e. The van der Waals surface area contributed by atoms with E-state index in [9.17, 15) is 0 Å². The lowest BCUT2D eigenvalue weighted by Gasteiger charge is -2.12. The lowest BCUT2D eigenvalue weighted by Crippen LogP contribution is -2.00. The van der Waals surface area contributed by atoms with Gasteiger partial charge in [-0.15, -0.1) is 0 Å². The first kappa shape index (κ1) is 14.5. The zero-order chi connectivity index (χ0) is 10.0. The highest BCUT2D eigenvalue weighted by molar-refractivity contribution is 4.55. The minimum Gasteiger partial charge on any atom is -0.0654 e. The van der Waals surface area contributed by atoms with Gasteiger partial charge in [0.05, 0.1) is 0 Å². The predicted molar refractivity (Wildman–Crippen MR) is 59.6 cm³/mol. The highest BCUT2D eigenvalue weighted by atomic mass is 14.1. The number of unbranched alkanes of at least 4 members (excludes halogenated alkanes) is 3. The van der Waals surface area contributed by atoms with E-state index in [1.807, 2.05) is 0 Å². The van der Waals surface area contributed by atoms with E-state index in [0.717, 1.165) is 0 Å². The van der Waals surface area contributed by atoms with Crippen LogP contribution in [-0.4, -0.2) is 0 Å². The fourth-order valence-electron chi connectivity index (χ4n) is 0.500. The third kappa shape index (κ3) is 22.5. The van der Waals surface area contributed by atoms with Crippen molar-refractivity contribution in [1.82, 2.24) is 0 Å². The zero-order valence-corrected chi connectivity index (χ0v) is 10.0. The van der Waals surface area contributed by atoms with E-state index in [1.165, 1.54) is 32.1 Å². The molecule has 76 valence electrons. The van der Waals surface area contributed by atoms with Crippen molar-refractivity contribution in [2.24, 2.45) is 5.41 Å². The average molecular weight is 172 g/mol. The fraction of sp³-hybridized carbons (Fsp3) is 1.00. The van der Waals surface area contributed by atoms with Gasteiger partial charge in [-0.2, -0.15) is 0 Å². The molecule has 0 aliphatic rings. The van der Waals surface area contributed by atoms with Crippen molar-refractivity contribution < 1.29 is 0 Å². The van der Waals surface area contributed by atoms with Crippen molar-refractivity contribution in [2.45, 2.75) is 73.6 Å². The monoisotopic (exact) mass is 172 g/mol. The van der Waals surface area contributed by atoms with Crippen LogP contribution in [0.5, 0.6) is 0 Å². The lowest BCUT2D eigenvalue weighted by atomic mass is 9.94. The van der Waals surface area contributed by atoms with Gasteiger partial charge in [-0.3, -0.25) is 0 Å². The van der Waals surface area contributed by atoms with E-state index in [4.69, 9.17) is 0 Å². The Morgan fingerprint density at radius 1 is 0.750 bits per heavy atom. The molecule has 0 saturated heterocycles. The second kappa shape index (κ2) is 9.09. The maximum atomic E-state index is 2.24. The summed E-state index contributed by atoms with van der Waals surface area (Å²) in [7, 11) is 0. The Bertz CT molecular complexity index is 62.6. The van der Waals surface area contributed by atoms with Crippen LogP contribution >= 0.6 is 0 Å². The summed E-state index contributed by atoms with van der Waals surface area (Å²) in [5, 5.41) is 0. The van der Waals surface area contributed by atoms with Crippen LogP contribution in [0, 0.1) is 5.41 Å². The topological polar surface area (TPSA) is 0 Å². The van der Waals surface area contributed by atoms with Crippen LogP contribution in [0.4, 0.5) is 0 Å². The summed E-state index contributed by atoms with van der Waals surface area (Å²) in [6, 6.07) is 0. The molecule has 0 aliphatic heterocycles. The highest BCUT2D eigenvalue weighted by Crippen LogP contribution is 2.16. The summed E-state index contributed by atoms with van der Waals surface area (Å²) in [6.07, 6.45) is 6.81. The predicted octanol–water partition coefficient (Wildman–Crippen LogP) is 5.03. The molecule has 0 radical (unpaired) electrons. The summed E-state index contributed by atoms with van der Waals surface area (Å²) >= 11 is 0. The van der Waals surface area contributed by atoms with Crippen molar-refractivity contribution in [1.29, 1.82) is 0 Å². The first-order valence-electron chi connectivity index (χ1n) is 5.47. The zero-order valence-electron chi connectivity index (χ0n) is 10.0. The Morgan fingerprint density at radius 3 is 1.08 bits per heavy atom. The SMILES string of the molecule is CCC(C)(C)C.CCCCCC. The van der Waals surface area contributed by atoms with E-state index in [1.54, 1.807) is 0 Å². The normalized spacial score (nSPS) is 10.5. The van der Waals surface area contributed by atoms with Crippen molar-refractivity contribution in [3.05, 3.63) is 0 Å². The molecule has 0 spiro atoms. The van der Waals surface area contributed by atoms with Gasteiger partial charge in [0.2, 0.25) is 0 Å². The molecule has 0 amide bonds. The summed E-state index contributed by atoms with van der Waals surface area (Å²) in [5.41, 5.74) is 0.542. The molecular formula is C12H28. The van der Waals surface area contributed by atoms with Gasteiger partial charge in [0.15, 0.2) is 0 Å². The van der Waals surface area contributed by atoms with E-state index < -0.39 is 0 Å². The van der Waals surface area contributed by atoms with Gasteiger partial charge in [-0.05, 0) is 5.41 Å². The Balaban J connectivity index is 0. The standard InChI is InChI=1S/2C6H14/c1-5-6(2,3)4;1-3-5-6-4-2/h5H2,1-4H3;3-6H2,1-2H3. The molecule has 0 atom stereocenters. The van der Waals surface area contributed by atoms with E-state index in [0.29, 0.717) is 5.41 Å². The summed E-state index contributed by atoms with van der Waals surface area (Å²) in [6.45, 7) is 13.4. The second-order valence-electron chi connectivity index (χ2n) is 4.62. The molecule has 0 unspecified atom stereocenters. The molecule has 0 fully saturated rings. The highest BCUT2D eigenvalue weighted by Gasteiger charge is 2.03. The Hall–Kier alpha value is 0. The third-order valence-electron chi connectivity index (χ3n) is 2.02. The fourth-order valence-corrected chi connectivity index (χ4v) is 0.500. The number of hydrogen-bond donors (Lipinski definition) is 0. The quantitative estimate of drug-likeness (QED) is 0.524. The van der Waals surface area contributed by atoms with Gasteiger partial charge in [-0.25, -0.2) is 0 Å². The molecule has 0 aromatic heterocycles. The van der Waals surface area contributed by atoms with Gasteiger partial charge in [0, 0.05) is 0 Å². The Morgan fingerprint density at radius 2 is 1.00 bits per heavy atom. The van der Waals surface area contributed by atoms with E-state index in [-0.39, 0.29) is 0 Å². The van der Waals surface area contributed by atoms with Crippen molar-refractivity contribution in [2.75, 3.05) is 0 Å². The summed E-state index contributed by atoms with van der Waals surface area (Å²) < 4.78 is 0. The summed E-state index contributed by atoms with van der Waals surface area (Å²) in [4.78, 5) is 0. The van der Waals surface area contributed by atoms with Gasteiger partial charge in [-0.1, -0.05) is 73.6 Å². The molecule has 0 aromatic carbocycles. The molecule has 0 nitrogen and oxygen atoms in total. The molecule has 0 aromatic rings. The molecule has 0 aliphatic carbocycles. The Kier molecular flexibility index (Phi) is 11.0. The van der Waals surface area contributed by atoms with Crippen molar-refractivity contribution >= 4 is 0 Å². The van der Waals surface area contributed by atoms with Crippen LogP contribution in [0.1, 0.15) is 73.6 Å². The summed E-state index contributed by atoms with van der Waals surface area (Å²) in [5.74, 6) is 0. The molecule has 0 N–H and O–H groups in total. The van der Waals surface area contributed by atoms with Crippen LogP contribution < -0.4 is 0 Å². The molecule has 12 heavy (non-hydrogen) atoms. The minimum atomic E-state index is 0.542. The molecular weight excluding hydrogens is 144 g/mol. The second-order valence-corrected chi connectivity index (χ2v) is 4.62. The maximum absolute atomic E-state index is 2.24. The van der Waals surface area contributed by atoms with Crippen LogP contribution in [-0.2, 0) is 0 Å². The molecule has 0 heterocycles. The average Bonchev–Trinajstić information content (AvgIpc) is 2.01. The van der Waals surface area contributed by atoms with Crippen LogP contribution in [0.15, 0.2) is 0 Å². The maximum Gasteiger partial charge on any atom is -0.0385 e. The van der Waals surface area contributed by atoms with Gasteiger partial charge < -0.3 is 0 Å². The van der Waals surface area contributed by atoms with Crippen LogP contribution in [0.3, 0.4) is 0 Å². The van der Waals surface area contributed by atoms with E-state index >= 15 is 0 Å². The lowest BCUT2D eigenvalue weighted by molar-refractivity contribution is 0.398. The first-order chi connectivity index (χ1) is 5.47. The number of rotatable bonds is 3. The molecule has 0 bridgehead atoms. The molecule has 0 saturated carbocycles. The molecule has 0 heteroatoms. The van der Waals surface area contributed by atoms with Crippen LogP contribution in [0.25, 0.3) is 0 Å². The van der Waals surface area contributed by atoms with Gasteiger partial charge >= 0.3 is 0 Å². The Labute approximate surface area is 79.8 Å². The largest absolute Gasteiger partial charge is 0.0654 e. The van der Waals surface area contributed by atoms with Crippen LogP contribution in [0.2, 0.25) is 0 Å². The van der Waals surface area contributed by atoms with Gasteiger partial charge in [0.1, 0.15) is 0 Å².